The van der Waals surface area contributed by atoms with Crippen molar-refractivity contribution >= 4 is 40.4 Å². The molecule has 0 fully saturated rings. The van der Waals surface area contributed by atoms with E-state index in [9.17, 15) is 5.11 Å². The summed E-state index contributed by atoms with van der Waals surface area (Å²) in [5.41, 5.74) is 2.07. The molecule has 3 aromatic carbocycles. The number of benzene rings is 3. The maximum absolute atomic E-state index is 11.6. The lowest BCUT2D eigenvalue weighted by atomic mass is 9.93. The molecule has 4 rings (SSSR count). The summed E-state index contributed by atoms with van der Waals surface area (Å²) in [7, 11) is 3.97. The van der Waals surface area contributed by atoms with Gasteiger partial charge in [-0.1, -0.05) is 47.5 Å². The van der Waals surface area contributed by atoms with Gasteiger partial charge in [0, 0.05) is 46.5 Å². The molecule has 3 aromatic rings. The molecule has 0 aromatic heterocycles. The Balaban J connectivity index is 1.83. The molecular formula is C23H19Cl2N3O. The number of anilines is 1. The highest BCUT2D eigenvalue weighted by molar-refractivity contribution is 6.31. The van der Waals surface area contributed by atoms with Crippen LogP contribution in [0.25, 0.3) is 0 Å². The quantitative estimate of drug-likeness (QED) is 0.630. The average Bonchev–Trinajstić information content (AvgIpc) is 3.08. The van der Waals surface area contributed by atoms with Crippen LogP contribution < -0.4 is 4.90 Å². The minimum Gasteiger partial charge on any atom is -0.378 e. The Morgan fingerprint density at radius 3 is 1.83 bits per heavy atom. The molecule has 1 atom stereocenters. The summed E-state index contributed by atoms with van der Waals surface area (Å²) < 4.78 is 0. The second-order valence-corrected chi connectivity index (χ2v) is 7.90. The highest BCUT2D eigenvalue weighted by Gasteiger charge is 2.41. The van der Waals surface area contributed by atoms with Crippen molar-refractivity contribution in [1.82, 2.24) is 0 Å². The fraction of sp³-hybridized carbons (Fsp3) is 0.130. The third-order valence-electron chi connectivity index (χ3n) is 4.82. The van der Waals surface area contributed by atoms with Crippen molar-refractivity contribution in [2.24, 2.45) is 9.98 Å². The minimum absolute atomic E-state index is 0.447. The Morgan fingerprint density at radius 1 is 0.759 bits per heavy atom. The summed E-state index contributed by atoms with van der Waals surface area (Å²) >= 11 is 12.1. The third kappa shape index (κ3) is 3.79. The first-order valence-electron chi connectivity index (χ1n) is 9.08. The van der Waals surface area contributed by atoms with Gasteiger partial charge in [-0.25, -0.2) is 9.98 Å². The molecule has 0 aliphatic carbocycles. The van der Waals surface area contributed by atoms with Crippen molar-refractivity contribution in [2.45, 2.75) is 5.72 Å². The van der Waals surface area contributed by atoms with E-state index in [-0.39, 0.29) is 0 Å². The van der Waals surface area contributed by atoms with Crippen molar-refractivity contribution in [3.63, 3.8) is 0 Å². The molecule has 146 valence electrons. The molecule has 1 heterocycles. The predicted molar refractivity (Wildman–Crippen MR) is 121 cm³/mol. The van der Waals surface area contributed by atoms with Crippen LogP contribution in [0.15, 0.2) is 82.8 Å². The number of aliphatic imine (C=N–C) groups is 2. The van der Waals surface area contributed by atoms with Crippen LogP contribution in [0.1, 0.15) is 16.7 Å². The number of halogens is 2. The second-order valence-electron chi connectivity index (χ2n) is 7.02. The van der Waals surface area contributed by atoms with Crippen LogP contribution in [0, 0.1) is 0 Å². The lowest BCUT2D eigenvalue weighted by Crippen LogP contribution is -2.32. The smallest absolute Gasteiger partial charge is 0.228 e. The fourth-order valence-corrected chi connectivity index (χ4v) is 3.46. The number of hydrogen-bond acceptors (Lipinski definition) is 4. The molecule has 0 saturated heterocycles. The van der Waals surface area contributed by atoms with Gasteiger partial charge in [-0.2, -0.15) is 0 Å². The molecular weight excluding hydrogens is 405 g/mol. The van der Waals surface area contributed by atoms with Gasteiger partial charge in [0.15, 0.2) is 5.84 Å². The van der Waals surface area contributed by atoms with Crippen molar-refractivity contribution in [3.8, 4) is 0 Å². The summed E-state index contributed by atoms with van der Waals surface area (Å²) in [6.45, 7) is 0. The first-order valence-corrected chi connectivity index (χ1v) is 9.83. The normalized spacial score (nSPS) is 18.4. The summed E-state index contributed by atoms with van der Waals surface area (Å²) in [5.74, 6) is 0.470. The SMILES string of the molecule is CN(C)c1ccc(C2=NC(O)(c3ccc(Cl)cc3)C(c3ccc(Cl)cc3)=N2)cc1. The van der Waals surface area contributed by atoms with Crippen LogP contribution in [0.5, 0.6) is 0 Å². The predicted octanol–water partition coefficient (Wildman–Crippen LogP) is 5.15. The summed E-state index contributed by atoms with van der Waals surface area (Å²) in [5, 5.41) is 12.8. The Kier molecular flexibility index (Phi) is 5.17. The molecule has 1 aliphatic rings. The summed E-state index contributed by atoms with van der Waals surface area (Å²) in [4.78, 5) is 11.4. The Labute approximate surface area is 179 Å². The molecule has 29 heavy (non-hydrogen) atoms. The van der Waals surface area contributed by atoms with Crippen LogP contribution in [0.2, 0.25) is 10.0 Å². The highest BCUT2D eigenvalue weighted by Crippen LogP contribution is 2.35. The van der Waals surface area contributed by atoms with Crippen LogP contribution in [0.4, 0.5) is 5.69 Å². The molecule has 0 radical (unpaired) electrons. The Morgan fingerprint density at radius 2 is 1.28 bits per heavy atom. The Bertz CT molecular complexity index is 1090. The number of aliphatic hydroxyl groups is 1. The molecule has 0 amide bonds. The van der Waals surface area contributed by atoms with E-state index in [2.05, 4.69) is 4.99 Å². The first kappa shape index (κ1) is 19.6. The molecule has 1 N–H and O–H groups in total. The molecule has 1 unspecified atom stereocenters. The van der Waals surface area contributed by atoms with Crippen LogP contribution >= 0.6 is 23.2 Å². The Hall–Kier alpha value is -2.66. The van der Waals surface area contributed by atoms with Gasteiger partial charge in [-0.3, -0.25) is 0 Å². The summed E-state index contributed by atoms with van der Waals surface area (Å²) in [6, 6.07) is 22.1. The van der Waals surface area contributed by atoms with Crippen molar-refractivity contribution in [1.29, 1.82) is 0 Å². The third-order valence-corrected chi connectivity index (χ3v) is 5.33. The lowest BCUT2D eigenvalue weighted by Gasteiger charge is -2.22. The van der Waals surface area contributed by atoms with Crippen LogP contribution in [0.3, 0.4) is 0 Å². The van der Waals surface area contributed by atoms with Gasteiger partial charge >= 0.3 is 0 Å². The van der Waals surface area contributed by atoms with Gasteiger partial charge < -0.3 is 10.0 Å². The zero-order chi connectivity index (χ0) is 20.6. The van der Waals surface area contributed by atoms with Crippen molar-refractivity contribution in [3.05, 3.63) is 99.5 Å². The van der Waals surface area contributed by atoms with Gasteiger partial charge in [0.05, 0.1) is 0 Å². The highest BCUT2D eigenvalue weighted by atomic mass is 35.5. The van der Waals surface area contributed by atoms with Gasteiger partial charge in [0.1, 0.15) is 5.71 Å². The van der Waals surface area contributed by atoms with E-state index in [1.54, 1.807) is 36.4 Å². The molecule has 1 aliphatic heterocycles. The number of rotatable bonds is 4. The standard InChI is InChI=1S/C23H19Cl2N3O/c1-28(2)20-13-5-16(6-14-20)22-26-21(15-3-9-18(24)10-4-15)23(29,27-22)17-7-11-19(25)12-8-17/h3-14,29H,1-2H3. The fourth-order valence-electron chi connectivity index (χ4n) is 3.21. The molecule has 0 spiro atoms. The number of hydrogen-bond donors (Lipinski definition) is 1. The number of amidine groups is 1. The van der Waals surface area contributed by atoms with E-state index in [1.165, 1.54) is 0 Å². The van der Waals surface area contributed by atoms with Gasteiger partial charge in [-0.15, -0.1) is 0 Å². The minimum atomic E-state index is -1.62. The molecule has 0 saturated carbocycles. The van der Waals surface area contributed by atoms with E-state index < -0.39 is 5.72 Å². The van der Waals surface area contributed by atoms with E-state index in [4.69, 9.17) is 28.2 Å². The van der Waals surface area contributed by atoms with Gasteiger partial charge in [-0.05, 0) is 48.5 Å². The summed E-state index contributed by atoms with van der Waals surface area (Å²) in [6.07, 6.45) is 0. The van der Waals surface area contributed by atoms with Crippen LogP contribution in [-0.2, 0) is 5.72 Å². The topological polar surface area (TPSA) is 48.2 Å². The first-order chi connectivity index (χ1) is 13.9. The molecule has 6 heteroatoms. The van der Waals surface area contributed by atoms with E-state index in [0.29, 0.717) is 27.2 Å². The monoisotopic (exact) mass is 423 g/mol. The van der Waals surface area contributed by atoms with E-state index in [1.807, 2.05) is 55.4 Å². The second kappa shape index (κ2) is 7.64. The van der Waals surface area contributed by atoms with Crippen molar-refractivity contribution in [2.75, 3.05) is 19.0 Å². The maximum Gasteiger partial charge on any atom is 0.228 e. The van der Waals surface area contributed by atoms with E-state index >= 15 is 0 Å². The van der Waals surface area contributed by atoms with Gasteiger partial charge in [0.2, 0.25) is 5.72 Å². The average molecular weight is 424 g/mol. The zero-order valence-corrected chi connectivity index (χ0v) is 17.5. The van der Waals surface area contributed by atoms with E-state index in [0.717, 1.165) is 16.8 Å². The zero-order valence-electron chi connectivity index (χ0n) is 16.0. The number of nitrogens with zero attached hydrogens (tertiary/aromatic N) is 3. The lowest BCUT2D eigenvalue weighted by molar-refractivity contribution is 0.126. The molecule has 4 nitrogen and oxygen atoms in total. The maximum atomic E-state index is 11.6. The van der Waals surface area contributed by atoms with Gasteiger partial charge in [0.25, 0.3) is 0 Å². The molecule has 0 bridgehead atoms. The van der Waals surface area contributed by atoms with Crippen molar-refractivity contribution < 1.29 is 5.11 Å². The largest absolute Gasteiger partial charge is 0.378 e. The van der Waals surface area contributed by atoms with Crippen LogP contribution in [-0.4, -0.2) is 30.7 Å².